The van der Waals surface area contributed by atoms with Crippen LogP contribution < -0.4 is 20.5 Å². The molecule has 0 bridgehead atoms. The summed E-state index contributed by atoms with van der Waals surface area (Å²) >= 11 is 0. The third-order valence-electron chi connectivity index (χ3n) is 11.9. The minimum atomic E-state index is -3.56. The van der Waals surface area contributed by atoms with Gasteiger partial charge in [-0.3, -0.25) is 0 Å². The lowest BCUT2D eigenvalue weighted by atomic mass is 9.86. The number of benzene rings is 2. The summed E-state index contributed by atoms with van der Waals surface area (Å²) in [7, 11) is -6.89. The Hall–Kier alpha value is -5.79. The van der Waals surface area contributed by atoms with Crippen molar-refractivity contribution in [3.05, 3.63) is 91.8 Å². The van der Waals surface area contributed by atoms with Gasteiger partial charge in [-0.25, -0.2) is 50.5 Å². The Labute approximate surface area is 366 Å². The van der Waals surface area contributed by atoms with Crippen LogP contribution in [0.2, 0.25) is 0 Å². The topological polar surface area (TPSA) is 212 Å². The number of nitrogens with zero attached hydrogens (tertiary/aromatic N) is 8. The summed E-state index contributed by atoms with van der Waals surface area (Å²) in [6, 6.07) is 10.8. The van der Waals surface area contributed by atoms with Crippen LogP contribution in [0.4, 0.5) is 10.3 Å². The molecule has 332 valence electrons. The molecule has 0 radical (unpaired) electrons. The molecule has 0 atom stereocenters. The van der Waals surface area contributed by atoms with Gasteiger partial charge in [0.2, 0.25) is 5.95 Å². The van der Waals surface area contributed by atoms with Crippen LogP contribution in [0.25, 0.3) is 33.9 Å². The lowest BCUT2D eigenvalue weighted by Crippen LogP contribution is -2.29. The van der Waals surface area contributed by atoms with Gasteiger partial charge in [-0.05, 0) is 106 Å². The van der Waals surface area contributed by atoms with Crippen molar-refractivity contribution in [2.75, 3.05) is 30.0 Å². The zero-order chi connectivity index (χ0) is 44.1. The van der Waals surface area contributed by atoms with Gasteiger partial charge in [-0.1, -0.05) is 13.8 Å². The van der Waals surface area contributed by atoms with Crippen LogP contribution in [0.5, 0.6) is 11.5 Å². The second kappa shape index (κ2) is 18.9. The molecule has 4 heterocycles. The first-order valence-electron chi connectivity index (χ1n) is 21.3. The van der Waals surface area contributed by atoms with E-state index in [0.717, 1.165) is 63.0 Å². The van der Waals surface area contributed by atoms with E-state index in [1.54, 1.807) is 66.9 Å². The number of sulfone groups is 2. The van der Waals surface area contributed by atoms with E-state index in [0.29, 0.717) is 59.2 Å². The summed E-state index contributed by atoms with van der Waals surface area (Å²) in [6.45, 7) is 4.12. The highest BCUT2D eigenvalue weighted by atomic mass is 32.2. The first-order valence-corrected chi connectivity index (χ1v) is 24.6. The Morgan fingerprint density at radius 2 is 1.30 bits per heavy atom. The molecule has 2 saturated carbocycles. The van der Waals surface area contributed by atoms with E-state index in [-0.39, 0.29) is 45.0 Å². The number of nitrogens with two attached hydrogens (primary N) is 1. The number of ether oxygens (including phenoxy) is 2. The minimum absolute atomic E-state index is 0.0255. The van der Waals surface area contributed by atoms with E-state index >= 15 is 4.39 Å². The van der Waals surface area contributed by atoms with Crippen molar-refractivity contribution >= 4 is 25.6 Å². The first kappa shape index (κ1) is 43.8. The minimum Gasteiger partial charge on any atom is -0.489 e. The van der Waals surface area contributed by atoms with Crippen molar-refractivity contribution in [1.82, 2.24) is 39.5 Å². The summed E-state index contributed by atoms with van der Waals surface area (Å²) < 4.78 is 80.0. The molecule has 2 fully saturated rings. The smallest absolute Gasteiger partial charge is 0.223 e. The number of aromatic nitrogens is 8. The fourth-order valence-corrected chi connectivity index (χ4v) is 9.76. The van der Waals surface area contributed by atoms with Crippen LogP contribution in [0.1, 0.15) is 65.2 Å². The van der Waals surface area contributed by atoms with Crippen molar-refractivity contribution in [2.24, 2.45) is 17.6 Å². The third-order valence-corrected chi connectivity index (χ3v) is 15.4. The van der Waals surface area contributed by atoms with Crippen LogP contribution in [0, 0.1) is 17.7 Å². The van der Waals surface area contributed by atoms with E-state index in [4.69, 9.17) is 20.2 Å². The van der Waals surface area contributed by atoms with Gasteiger partial charge in [0, 0.05) is 35.6 Å². The molecule has 2 aliphatic carbocycles. The second-order valence-electron chi connectivity index (χ2n) is 16.2. The SMILES string of the molecule is CCS(=O)(=O)c1ccc(-n2cc(-c3nc(NC4CCC(COc5cncnc5-c5cnn(-c6ccc(S(=O)(=O)CC)cc6F)c5)CC4)ncc3OCC3CCC(N)CC3)cn2)cc1. The predicted octanol–water partition coefficient (Wildman–Crippen LogP) is 6.64. The highest BCUT2D eigenvalue weighted by Crippen LogP contribution is 2.34. The summed E-state index contributed by atoms with van der Waals surface area (Å²) in [5, 5.41) is 12.4. The van der Waals surface area contributed by atoms with E-state index in [9.17, 15) is 16.8 Å². The Morgan fingerprint density at radius 1 is 0.714 bits per heavy atom. The molecule has 19 heteroatoms. The maximum absolute atomic E-state index is 15.1. The van der Waals surface area contributed by atoms with E-state index in [1.165, 1.54) is 30.1 Å². The molecule has 63 heavy (non-hydrogen) atoms. The lowest BCUT2D eigenvalue weighted by molar-refractivity contribution is 0.200. The maximum Gasteiger partial charge on any atom is 0.223 e. The standard InChI is InChI=1S/C44H51FN10O6S2/c1-3-62(56,57)36-15-13-35(14-16-36)54-24-32(21-50-54)43-41(61-26-29-5-9-33(46)10-6-29)23-48-44(53-43)52-34-11-7-30(8-12-34)27-60-40-22-47-28-49-42(40)31-20-51-55(25-31)39-18-17-37(19-38(39)45)63(58,59)4-2/h13-25,28-30,33-34H,3-12,26-27,46H2,1-2H3,(H,48,52,53). The van der Waals surface area contributed by atoms with E-state index < -0.39 is 25.5 Å². The van der Waals surface area contributed by atoms with Gasteiger partial charge in [0.05, 0.1) is 65.0 Å². The largest absolute Gasteiger partial charge is 0.489 e. The van der Waals surface area contributed by atoms with Gasteiger partial charge in [-0.2, -0.15) is 10.2 Å². The molecule has 8 rings (SSSR count). The van der Waals surface area contributed by atoms with Crippen LogP contribution in [-0.2, 0) is 19.7 Å². The number of nitrogens with one attached hydrogen (secondary N) is 1. The fraction of sp³-hybridized carbons (Fsp3) is 0.409. The normalized spacial score (nSPS) is 19.4. The highest BCUT2D eigenvalue weighted by molar-refractivity contribution is 7.91. The number of anilines is 1. The van der Waals surface area contributed by atoms with Gasteiger partial charge in [0.1, 0.15) is 29.2 Å². The Kier molecular flexibility index (Phi) is 13.2. The zero-order valence-electron chi connectivity index (χ0n) is 35.2. The molecular formula is C44H51FN10O6S2. The van der Waals surface area contributed by atoms with Crippen LogP contribution in [0.3, 0.4) is 0 Å². The van der Waals surface area contributed by atoms with Gasteiger partial charge >= 0.3 is 0 Å². The number of hydrogen-bond donors (Lipinski definition) is 2. The number of hydrogen-bond acceptors (Lipinski definition) is 14. The summed E-state index contributed by atoms with van der Waals surface area (Å²) in [5.41, 5.74) is 9.40. The summed E-state index contributed by atoms with van der Waals surface area (Å²) in [4.78, 5) is 18.4. The maximum atomic E-state index is 15.1. The average molecular weight is 899 g/mol. The van der Waals surface area contributed by atoms with Gasteiger partial charge < -0.3 is 20.5 Å². The second-order valence-corrected chi connectivity index (χ2v) is 20.7. The van der Waals surface area contributed by atoms with Crippen molar-refractivity contribution in [2.45, 2.75) is 87.1 Å². The van der Waals surface area contributed by atoms with E-state index in [2.05, 4.69) is 30.5 Å². The molecule has 0 saturated heterocycles. The van der Waals surface area contributed by atoms with Crippen LogP contribution in [0.15, 0.2) is 95.8 Å². The molecule has 16 nitrogen and oxygen atoms in total. The van der Waals surface area contributed by atoms with E-state index in [1.807, 2.05) is 6.20 Å². The summed E-state index contributed by atoms with van der Waals surface area (Å²) in [6.07, 6.45) is 19.0. The average Bonchev–Trinajstić information content (AvgIpc) is 4.01. The molecule has 6 aromatic rings. The molecule has 2 aliphatic rings. The van der Waals surface area contributed by atoms with Crippen molar-refractivity contribution < 1.29 is 30.7 Å². The molecule has 0 aliphatic heterocycles. The van der Waals surface area contributed by atoms with Gasteiger partial charge in [-0.15, -0.1) is 0 Å². The fourth-order valence-electron chi connectivity index (χ4n) is 7.99. The Balaban J connectivity index is 0.911. The summed E-state index contributed by atoms with van der Waals surface area (Å²) in [5.74, 6) is 1.37. The Morgan fingerprint density at radius 3 is 1.97 bits per heavy atom. The van der Waals surface area contributed by atoms with Crippen LogP contribution >= 0.6 is 0 Å². The molecule has 0 amide bonds. The van der Waals surface area contributed by atoms with Crippen molar-refractivity contribution in [1.29, 1.82) is 0 Å². The van der Waals surface area contributed by atoms with Crippen molar-refractivity contribution in [3.63, 3.8) is 0 Å². The number of halogens is 1. The first-order chi connectivity index (χ1) is 30.4. The molecule has 0 unspecified atom stereocenters. The zero-order valence-corrected chi connectivity index (χ0v) is 36.8. The van der Waals surface area contributed by atoms with Gasteiger partial charge in [0.15, 0.2) is 31.2 Å². The van der Waals surface area contributed by atoms with Gasteiger partial charge in [0.25, 0.3) is 0 Å². The lowest BCUT2D eigenvalue weighted by Gasteiger charge is -2.29. The number of rotatable bonds is 16. The molecule has 4 aromatic heterocycles. The molecule has 2 aromatic carbocycles. The monoisotopic (exact) mass is 898 g/mol. The third kappa shape index (κ3) is 10.2. The Bertz CT molecular complexity index is 2750. The quantitative estimate of drug-likeness (QED) is 0.104. The molecular weight excluding hydrogens is 848 g/mol. The van der Waals surface area contributed by atoms with Crippen molar-refractivity contribution in [3.8, 4) is 45.4 Å². The highest BCUT2D eigenvalue weighted by Gasteiger charge is 2.26. The molecule has 0 spiro atoms. The van der Waals surface area contributed by atoms with Crippen LogP contribution in [-0.4, -0.2) is 93.1 Å². The predicted molar refractivity (Wildman–Crippen MR) is 235 cm³/mol. The molecule has 3 N–H and O–H groups in total.